The largest absolute Gasteiger partial charge is 0.478 e. The van der Waals surface area contributed by atoms with Gasteiger partial charge in [0.1, 0.15) is 0 Å². The molecule has 2 atom stereocenters. The van der Waals surface area contributed by atoms with E-state index in [9.17, 15) is 27.6 Å². The molecule has 10 heteroatoms. The molecule has 0 spiro atoms. The van der Waals surface area contributed by atoms with Crippen LogP contribution in [0.25, 0.3) is 0 Å². The molecule has 0 bridgehead atoms. The maximum atomic E-state index is 12.0. The molecular weight excluding hydrogens is 333 g/mol. The van der Waals surface area contributed by atoms with E-state index < -0.39 is 41.6 Å². The molecule has 0 aromatic rings. The third-order valence-electron chi connectivity index (χ3n) is 2.01. The van der Waals surface area contributed by atoms with E-state index in [1.807, 2.05) is 0 Å². The number of carboxylic acid groups (broad SMARTS) is 1. The second-order valence-electron chi connectivity index (χ2n) is 4.10. The Bertz CT molecular complexity index is 387. The standard InChI is InChI=1S/C11H15F3O5S2/c1-6(3-21-7(2)15)10(18)19-8(9(16)17)4-20-5-11(12,13)14/h6,8H,3-5H2,1-2H3,(H,16,17)/t6-,8+/m1/s1. The SMILES string of the molecule is CC(=O)SC[C@@H](C)C(=O)O[C@@H](CSCC(F)(F)F)C(=O)O. The molecule has 0 rings (SSSR count). The van der Waals surface area contributed by atoms with Crippen LogP contribution in [0.1, 0.15) is 13.8 Å². The first-order chi connectivity index (χ1) is 9.53. The predicted octanol–water partition coefficient (Wildman–Crippen LogP) is 2.19. The van der Waals surface area contributed by atoms with Gasteiger partial charge in [-0.15, -0.1) is 11.8 Å². The number of hydrogen-bond donors (Lipinski definition) is 1. The molecule has 0 heterocycles. The molecule has 0 amide bonds. The van der Waals surface area contributed by atoms with Crippen LogP contribution in [0.5, 0.6) is 0 Å². The molecule has 0 fully saturated rings. The Morgan fingerprint density at radius 2 is 1.81 bits per heavy atom. The highest BCUT2D eigenvalue weighted by Crippen LogP contribution is 2.22. The van der Waals surface area contributed by atoms with Crippen LogP contribution in [-0.4, -0.2) is 51.7 Å². The van der Waals surface area contributed by atoms with E-state index >= 15 is 0 Å². The van der Waals surface area contributed by atoms with Gasteiger partial charge in [-0.2, -0.15) is 13.2 Å². The van der Waals surface area contributed by atoms with Gasteiger partial charge in [-0.05, 0) is 0 Å². The van der Waals surface area contributed by atoms with Crippen LogP contribution in [0, 0.1) is 5.92 Å². The molecule has 0 aliphatic heterocycles. The van der Waals surface area contributed by atoms with E-state index in [2.05, 4.69) is 4.74 Å². The van der Waals surface area contributed by atoms with Crippen molar-refractivity contribution in [1.82, 2.24) is 0 Å². The van der Waals surface area contributed by atoms with Crippen molar-refractivity contribution in [2.45, 2.75) is 26.1 Å². The van der Waals surface area contributed by atoms with E-state index in [0.29, 0.717) is 11.8 Å². The molecule has 122 valence electrons. The van der Waals surface area contributed by atoms with Crippen molar-refractivity contribution in [3.05, 3.63) is 0 Å². The van der Waals surface area contributed by atoms with Crippen LogP contribution < -0.4 is 0 Å². The number of ether oxygens (including phenoxy) is 1. The van der Waals surface area contributed by atoms with Crippen LogP contribution in [0.15, 0.2) is 0 Å². The summed E-state index contributed by atoms with van der Waals surface area (Å²) in [5.41, 5.74) is 0. The molecule has 1 N–H and O–H groups in total. The molecule has 0 unspecified atom stereocenters. The fourth-order valence-corrected chi connectivity index (χ4v) is 2.40. The lowest BCUT2D eigenvalue weighted by Gasteiger charge is -2.16. The van der Waals surface area contributed by atoms with Gasteiger partial charge in [-0.25, -0.2) is 4.79 Å². The summed E-state index contributed by atoms with van der Waals surface area (Å²) >= 11 is 1.21. The molecule has 21 heavy (non-hydrogen) atoms. The maximum absolute atomic E-state index is 12.0. The topological polar surface area (TPSA) is 80.7 Å². The Labute approximate surface area is 128 Å². The maximum Gasteiger partial charge on any atom is 0.397 e. The van der Waals surface area contributed by atoms with Gasteiger partial charge in [0.25, 0.3) is 0 Å². The number of aliphatic carboxylic acids is 1. The van der Waals surface area contributed by atoms with E-state index in [4.69, 9.17) is 5.11 Å². The smallest absolute Gasteiger partial charge is 0.397 e. The van der Waals surface area contributed by atoms with E-state index in [1.54, 1.807) is 0 Å². The van der Waals surface area contributed by atoms with Gasteiger partial charge in [0.15, 0.2) is 5.12 Å². The number of esters is 1. The zero-order valence-corrected chi connectivity index (χ0v) is 12.9. The minimum atomic E-state index is -4.41. The molecular formula is C11H15F3O5S2. The summed E-state index contributed by atoms with van der Waals surface area (Å²) in [7, 11) is 0. The van der Waals surface area contributed by atoms with Gasteiger partial charge in [0, 0.05) is 18.4 Å². The van der Waals surface area contributed by atoms with Crippen molar-refractivity contribution in [2.75, 3.05) is 17.3 Å². The normalized spacial score (nSPS) is 14.3. The Morgan fingerprint density at radius 3 is 2.24 bits per heavy atom. The lowest BCUT2D eigenvalue weighted by molar-refractivity contribution is -0.164. The Morgan fingerprint density at radius 1 is 1.24 bits per heavy atom. The van der Waals surface area contributed by atoms with Gasteiger partial charge in [-0.1, -0.05) is 18.7 Å². The fourth-order valence-electron chi connectivity index (χ4n) is 1.00. The van der Waals surface area contributed by atoms with Crippen molar-refractivity contribution in [2.24, 2.45) is 5.92 Å². The molecule has 0 saturated heterocycles. The van der Waals surface area contributed by atoms with Gasteiger partial charge in [0.05, 0.1) is 11.7 Å². The number of halogens is 3. The summed E-state index contributed by atoms with van der Waals surface area (Å²) in [6.45, 7) is 2.76. The Hall–Kier alpha value is -0.900. The summed E-state index contributed by atoms with van der Waals surface area (Å²) < 4.78 is 40.6. The van der Waals surface area contributed by atoms with Crippen molar-refractivity contribution in [3.8, 4) is 0 Å². The highest BCUT2D eigenvalue weighted by molar-refractivity contribution is 8.13. The van der Waals surface area contributed by atoms with Crippen LogP contribution in [-0.2, 0) is 19.1 Å². The molecule has 0 saturated carbocycles. The lowest BCUT2D eigenvalue weighted by atomic mass is 10.2. The molecule has 0 aromatic carbocycles. The van der Waals surface area contributed by atoms with Crippen LogP contribution in [0.3, 0.4) is 0 Å². The Balaban J connectivity index is 4.33. The second kappa shape index (κ2) is 9.19. The van der Waals surface area contributed by atoms with Crippen molar-refractivity contribution in [1.29, 1.82) is 0 Å². The van der Waals surface area contributed by atoms with E-state index in [-0.39, 0.29) is 10.9 Å². The highest BCUT2D eigenvalue weighted by atomic mass is 32.2. The highest BCUT2D eigenvalue weighted by Gasteiger charge is 2.30. The molecule has 0 radical (unpaired) electrons. The second-order valence-corrected chi connectivity index (χ2v) is 6.32. The van der Waals surface area contributed by atoms with Crippen molar-refractivity contribution in [3.63, 3.8) is 0 Å². The quantitative estimate of drug-likeness (QED) is 0.674. The van der Waals surface area contributed by atoms with Crippen molar-refractivity contribution < 1.29 is 37.4 Å². The predicted molar refractivity (Wildman–Crippen MR) is 73.2 cm³/mol. The monoisotopic (exact) mass is 348 g/mol. The summed E-state index contributed by atoms with van der Waals surface area (Å²) in [5.74, 6) is -4.69. The fraction of sp³-hybridized carbons (Fsp3) is 0.727. The third-order valence-corrected chi connectivity index (χ3v) is 4.15. The molecule has 0 aromatic heterocycles. The molecule has 0 aliphatic carbocycles. The summed E-state index contributed by atoms with van der Waals surface area (Å²) in [4.78, 5) is 33.2. The number of carbonyl (C=O) groups excluding carboxylic acids is 2. The first kappa shape index (κ1) is 20.1. The average molecular weight is 348 g/mol. The van der Waals surface area contributed by atoms with Gasteiger partial charge in [0.2, 0.25) is 6.10 Å². The first-order valence-corrected chi connectivity index (χ1v) is 7.88. The van der Waals surface area contributed by atoms with E-state index in [0.717, 1.165) is 11.8 Å². The number of rotatable bonds is 8. The molecule has 5 nitrogen and oxygen atoms in total. The lowest BCUT2D eigenvalue weighted by Crippen LogP contribution is -2.32. The van der Waals surface area contributed by atoms with Crippen LogP contribution in [0.2, 0.25) is 0 Å². The van der Waals surface area contributed by atoms with Crippen LogP contribution in [0.4, 0.5) is 13.2 Å². The summed E-state index contributed by atoms with van der Waals surface area (Å²) in [5, 5.41) is 8.62. The van der Waals surface area contributed by atoms with Crippen LogP contribution >= 0.6 is 23.5 Å². The number of carbonyl (C=O) groups is 3. The zero-order chi connectivity index (χ0) is 16.6. The number of hydrogen-bond acceptors (Lipinski definition) is 6. The van der Waals surface area contributed by atoms with Gasteiger partial charge in [-0.3, -0.25) is 9.59 Å². The zero-order valence-electron chi connectivity index (χ0n) is 11.3. The number of thioether (sulfide) groups is 2. The van der Waals surface area contributed by atoms with Gasteiger partial charge >= 0.3 is 18.1 Å². The minimum absolute atomic E-state index is 0.121. The summed E-state index contributed by atoms with van der Waals surface area (Å²) in [6.07, 6.45) is -6.06. The minimum Gasteiger partial charge on any atom is -0.478 e. The van der Waals surface area contributed by atoms with Crippen molar-refractivity contribution >= 4 is 40.6 Å². The number of carboxylic acids is 1. The average Bonchev–Trinajstić information content (AvgIpc) is 2.32. The molecule has 0 aliphatic rings. The first-order valence-electron chi connectivity index (χ1n) is 5.74. The van der Waals surface area contributed by atoms with E-state index in [1.165, 1.54) is 13.8 Å². The summed E-state index contributed by atoms with van der Waals surface area (Å²) in [6, 6.07) is 0. The van der Waals surface area contributed by atoms with Gasteiger partial charge < -0.3 is 9.84 Å². The number of alkyl halides is 3. The third kappa shape index (κ3) is 10.5. The Kier molecular flexibility index (Phi) is 8.79.